The molecule has 1 amide bonds. The van der Waals surface area contributed by atoms with Gasteiger partial charge in [0.05, 0.1) is 7.11 Å². The zero-order valence-corrected chi connectivity index (χ0v) is 18.4. The van der Waals surface area contributed by atoms with E-state index in [0.717, 1.165) is 24.0 Å². The van der Waals surface area contributed by atoms with Crippen LogP contribution < -0.4 is 5.32 Å². The van der Waals surface area contributed by atoms with Gasteiger partial charge in [0.2, 0.25) is 5.91 Å². The molecule has 0 radical (unpaired) electrons. The molecule has 4 rings (SSSR count). The number of methoxy groups -OCH3 is 1. The Hall–Kier alpha value is -2.41. The molecular weight excluding hydrogens is 414 g/mol. The van der Waals surface area contributed by atoms with Crippen LogP contribution >= 0.6 is 11.6 Å². The first-order valence-electron chi connectivity index (χ1n) is 10.7. The van der Waals surface area contributed by atoms with Crippen LogP contribution in [0.1, 0.15) is 36.1 Å². The normalized spacial score (nSPS) is 19.4. The van der Waals surface area contributed by atoms with Gasteiger partial charge in [-0.15, -0.1) is 0 Å². The van der Waals surface area contributed by atoms with Gasteiger partial charge >= 0.3 is 5.97 Å². The van der Waals surface area contributed by atoms with Gasteiger partial charge in [0.1, 0.15) is 12.1 Å². The summed E-state index contributed by atoms with van der Waals surface area (Å²) in [4.78, 5) is 30.0. The van der Waals surface area contributed by atoms with Crippen LogP contribution in [0.4, 0.5) is 0 Å². The number of hydrogen-bond donors (Lipinski definition) is 1. The molecule has 1 heterocycles. The fourth-order valence-electron chi connectivity index (χ4n) is 4.21. The highest BCUT2D eigenvalue weighted by atomic mass is 35.5. The molecule has 0 aromatic heterocycles. The molecular formula is C24H28ClN3O3. The van der Waals surface area contributed by atoms with Crippen molar-refractivity contribution in [2.75, 3.05) is 33.3 Å². The number of rotatable bonds is 7. The number of halogens is 1. The van der Waals surface area contributed by atoms with Crippen molar-refractivity contribution in [1.82, 2.24) is 15.1 Å². The van der Waals surface area contributed by atoms with E-state index in [4.69, 9.17) is 16.3 Å². The maximum atomic E-state index is 13.1. The third kappa shape index (κ3) is 5.09. The highest BCUT2D eigenvalue weighted by Crippen LogP contribution is 2.31. The summed E-state index contributed by atoms with van der Waals surface area (Å²) in [7, 11) is 1.40. The second kappa shape index (κ2) is 9.81. The third-order valence-electron chi connectivity index (χ3n) is 5.99. The number of esters is 1. The SMILES string of the molecule is COC(=O)C(c1ccccc1Cl)N1CCN(C(C(=O)NC2CC2)c2ccccc2)CC1. The van der Waals surface area contributed by atoms with Crippen LogP contribution in [0.15, 0.2) is 54.6 Å². The fourth-order valence-corrected chi connectivity index (χ4v) is 4.45. The molecule has 31 heavy (non-hydrogen) atoms. The summed E-state index contributed by atoms with van der Waals surface area (Å²) >= 11 is 6.40. The zero-order valence-electron chi connectivity index (χ0n) is 17.7. The van der Waals surface area contributed by atoms with Crippen molar-refractivity contribution in [3.63, 3.8) is 0 Å². The van der Waals surface area contributed by atoms with Crippen molar-refractivity contribution in [1.29, 1.82) is 0 Å². The van der Waals surface area contributed by atoms with E-state index in [1.165, 1.54) is 7.11 Å². The van der Waals surface area contributed by atoms with Gasteiger partial charge in [0.15, 0.2) is 0 Å². The van der Waals surface area contributed by atoms with E-state index in [2.05, 4.69) is 15.1 Å². The first-order valence-corrected chi connectivity index (χ1v) is 11.1. The maximum absolute atomic E-state index is 13.1. The van der Waals surface area contributed by atoms with E-state index in [1.54, 1.807) is 6.07 Å². The van der Waals surface area contributed by atoms with E-state index in [1.807, 2.05) is 48.5 Å². The summed E-state index contributed by atoms with van der Waals surface area (Å²) in [6.45, 7) is 2.58. The predicted octanol–water partition coefficient (Wildman–Crippen LogP) is 3.19. The number of nitrogens with one attached hydrogen (secondary N) is 1. The monoisotopic (exact) mass is 441 g/mol. The van der Waals surface area contributed by atoms with Gasteiger partial charge in [-0.05, 0) is 30.0 Å². The Morgan fingerprint density at radius 1 is 0.935 bits per heavy atom. The van der Waals surface area contributed by atoms with Gasteiger partial charge in [0, 0.05) is 37.2 Å². The van der Waals surface area contributed by atoms with E-state index in [-0.39, 0.29) is 17.9 Å². The summed E-state index contributed by atoms with van der Waals surface area (Å²) in [6, 6.07) is 16.7. The molecule has 1 saturated heterocycles. The van der Waals surface area contributed by atoms with Gasteiger partial charge in [-0.25, -0.2) is 4.79 Å². The molecule has 2 atom stereocenters. The van der Waals surface area contributed by atoms with Crippen LogP contribution in [0, 0.1) is 0 Å². The lowest BCUT2D eigenvalue weighted by Crippen LogP contribution is -2.53. The van der Waals surface area contributed by atoms with E-state index >= 15 is 0 Å². The van der Waals surface area contributed by atoms with Crippen LogP contribution in [0.5, 0.6) is 0 Å². The lowest BCUT2D eigenvalue weighted by Gasteiger charge is -2.41. The van der Waals surface area contributed by atoms with Crippen LogP contribution in [0.25, 0.3) is 0 Å². The zero-order chi connectivity index (χ0) is 21.8. The molecule has 0 spiro atoms. The lowest BCUT2D eigenvalue weighted by atomic mass is 10.0. The van der Waals surface area contributed by atoms with E-state index in [0.29, 0.717) is 37.2 Å². The molecule has 6 nitrogen and oxygen atoms in total. The standard InChI is InChI=1S/C24H28ClN3O3/c1-31-24(30)22(19-9-5-6-10-20(19)25)28-15-13-27(14-16-28)21(17-7-3-2-4-8-17)23(29)26-18-11-12-18/h2-10,18,21-22H,11-16H2,1H3,(H,26,29). The molecule has 1 aliphatic carbocycles. The van der Waals surface area contributed by atoms with Gasteiger partial charge in [-0.1, -0.05) is 60.1 Å². The highest BCUT2D eigenvalue weighted by Gasteiger charge is 2.37. The molecule has 1 saturated carbocycles. The predicted molar refractivity (Wildman–Crippen MR) is 120 cm³/mol. The topological polar surface area (TPSA) is 61.9 Å². The third-order valence-corrected chi connectivity index (χ3v) is 6.34. The molecule has 2 aromatic rings. The summed E-state index contributed by atoms with van der Waals surface area (Å²) in [5, 5.41) is 3.71. The average Bonchev–Trinajstić information content (AvgIpc) is 3.61. The Labute approximate surface area is 188 Å². The molecule has 2 fully saturated rings. The van der Waals surface area contributed by atoms with Crippen molar-refractivity contribution in [2.45, 2.75) is 31.0 Å². The van der Waals surface area contributed by atoms with E-state index in [9.17, 15) is 9.59 Å². The molecule has 2 unspecified atom stereocenters. The van der Waals surface area contributed by atoms with Gasteiger partial charge in [-0.3, -0.25) is 14.6 Å². The number of piperazine rings is 1. The Kier molecular flexibility index (Phi) is 6.90. The van der Waals surface area contributed by atoms with Gasteiger partial charge < -0.3 is 10.1 Å². The van der Waals surface area contributed by atoms with Crippen LogP contribution in [-0.2, 0) is 14.3 Å². The first-order chi connectivity index (χ1) is 15.1. The quantitative estimate of drug-likeness (QED) is 0.668. The molecule has 164 valence electrons. The minimum atomic E-state index is -0.559. The number of benzene rings is 2. The second-order valence-electron chi connectivity index (χ2n) is 8.12. The number of hydrogen-bond acceptors (Lipinski definition) is 5. The van der Waals surface area contributed by atoms with Gasteiger partial charge in [-0.2, -0.15) is 0 Å². The number of amides is 1. The van der Waals surface area contributed by atoms with Crippen LogP contribution in [0.2, 0.25) is 5.02 Å². The van der Waals surface area contributed by atoms with Crippen molar-refractivity contribution in [3.8, 4) is 0 Å². The van der Waals surface area contributed by atoms with Crippen molar-refractivity contribution < 1.29 is 14.3 Å². The molecule has 2 aliphatic rings. The van der Waals surface area contributed by atoms with E-state index < -0.39 is 6.04 Å². The number of carbonyl (C=O) groups is 2. The Morgan fingerprint density at radius 3 is 2.10 bits per heavy atom. The number of ether oxygens (including phenoxy) is 1. The Morgan fingerprint density at radius 2 is 1.52 bits per heavy atom. The van der Waals surface area contributed by atoms with Crippen molar-refractivity contribution in [3.05, 3.63) is 70.7 Å². The molecule has 7 heteroatoms. The Balaban J connectivity index is 1.51. The minimum Gasteiger partial charge on any atom is -0.468 e. The molecule has 1 aliphatic heterocycles. The average molecular weight is 442 g/mol. The summed E-state index contributed by atoms with van der Waals surface area (Å²) in [5.41, 5.74) is 1.74. The number of carbonyl (C=O) groups excluding carboxylic acids is 2. The summed E-state index contributed by atoms with van der Waals surface area (Å²) < 4.78 is 5.09. The molecule has 1 N–H and O–H groups in total. The molecule has 2 aromatic carbocycles. The smallest absolute Gasteiger partial charge is 0.327 e. The maximum Gasteiger partial charge on any atom is 0.327 e. The summed E-state index contributed by atoms with van der Waals surface area (Å²) in [5.74, 6) is -0.273. The molecule has 0 bridgehead atoms. The summed E-state index contributed by atoms with van der Waals surface area (Å²) in [6.07, 6.45) is 2.11. The number of nitrogens with zero attached hydrogens (tertiary/aromatic N) is 2. The highest BCUT2D eigenvalue weighted by molar-refractivity contribution is 6.31. The largest absolute Gasteiger partial charge is 0.468 e. The van der Waals surface area contributed by atoms with Gasteiger partial charge in [0.25, 0.3) is 0 Å². The van der Waals surface area contributed by atoms with Crippen LogP contribution in [-0.4, -0.2) is 61.0 Å². The van der Waals surface area contributed by atoms with Crippen molar-refractivity contribution >= 4 is 23.5 Å². The second-order valence-corrected chi connectivity index (χ2v) is 8.52. The minimum absolute atomic E-state index is 0.0535. The lowest BCUT2D eigenvalue weighted by molar-refractivity contribution is -0.148. The fraction of sp³-hybridized carbons (Fsp3) is 0.417. The Bertz CT molecular complexity index is 911. The van der Waals surface area contributed by atoms with Crippen molar-refractivity contribution in [2.24, 2.45) is 0 Å². The van der Waals surface area contributed by atoms with Crippen LogP contribution in [0.3, 0.4) is 0 Å². The first kappa shape index (κ1) is 21.8.